The summed E-state index contributed by atoms with van der Waals surface area (Å²) in [5.41, 5.74) is 2.95. The molecule has 2 nitrogen and oxygen atoms in total. The van der Waals surface area contributed by atoms with Crippen molar-refractivity contribution in [2.45, 2.75) is 66.6 Å². The Morgan fingerprint density at radius 2 is 1.62 bits per heavy atom. The van der Waals surface area contributed by atoms with Crippen molar-refractivity contribution in [1.82, 2.24) is 10.2 Å². The first-order valence-electron chi connectivity index (χ1n) is 8.39. The molecule has 1 N–H and O–H groups in total. The average Bonchev–Trinajstić information content (AvgIpc) is 2.44. The molecule has 0 amide bonds. The maximum atomic E-state index is 3.53. The first-order chi connectivity index (χ1) is 9.84. The van der Waals surface area contributed by atoms with Crippen molar-refractivity contribution < 1.29 is 0 Å². The third kappa shape index (κ3) is 7.63. The molecule has 1 aromatic rings. The first kappa shape index (κ1) is 18.2. The minimum atomic E-state index is 0.175. The zero-order valence-electron chi connectivity index (χ0n) is 14.9. The van der Waals surface area contributed by atoms with Gasteiger partial charge in [0.15, 0.2) is 0 Å². The van der Waals surface area contributed by atoms with Crippen molar-refractivity contribution in [3.63, 3.8) is 0 Å². The number of nitrogens with one attached hydrogen (secondary N) is 1. The van der Waals surface area contributed by atoms with Gasteiger partial charge < -0.3 is 5.32 Å². The molecular formula is C19H34N2. The molecule has 120 valence electrons. The normalized spacial score (nSPS) is 13.7. The van der Waals surface area contributed by atoms with Crippen molar-refractivity contribution in [3.05, 3.63) is 35.4 Å². The van der Waals surface area contributed by atoms with Crippen LogP contribution in [-0.4, -0.2) is 23.5 Å². The SMILES string of the molecule is CCC(C)CN(CC)Cc1ccc(CNC(C)(C)C)cc1. The standard InChI is InChI=1S/C19H34N2/c1-7-16(3)14-21(8-2)15-18-11-9-17(10-12-18)13-20-19(4,5)6/h9-12,16,20H,7-8,13-15H2,1-6H3. The summed E-state index contributed by atoms with van der Waals surface area (Å²) in [6.07, 6.45) is 1.26. The van der Waals surface area contributed by atoms with E-state index < -0.39 is 0 Å². The molecule has 1 aromatic carbocycles. The van der Waals surface area contributed by atoms with E-state index in [4.69, 9.17) is 0 Å². The maximum Gasteiger partial charge on any atom is 0.0233 e. The molecule has 2 heteroatoms. The molecule has 0 bridgehead atoms. The second-order valence-electron chi connectivity index (χ2n) is 7.26. The molecule has 1 rings (SSSR count). The van der Waals surface area contributed by atoms with Crippen molar-refractivity contribution >= 4 is 0 Å². The monoisotopic (exact) mass is 290 g/mol. The summed E-state index contributed by atoms with van der Waals surface area (Å²) >= 11 is 0. The van der Waals surface area contributed by atoms with Crippen LogP contribution in [0.5, 0.6) is 0 Å². The van der Waals surface area contributed by atoms with E-state index in [2.05, 4.69) is 76.0 Å². The summed E-state index contributed by atoms with van der Waals surface area (Å²) in [5.74, 6) is 0.778. The van der Waals surface area contributed by atoms with Crippen molar-refractivity contribution in [2.75, 3.05) is 13.1 Å². The summed E-state index contributed by atoms with van der Waals surface area (Å²) in [4.78, 5) is 2.54. The molecule has 0 aliphatic heterocycles. The summed E-state index contributed by atoms with van der Waals surface area (Å²) in [6, 6.07) is 9.06. The van der Waals surface area contributed by atoms with Crippen LogP contribution in [0.3, 0.4) is 0 Å². The van der Waals surface area contributed by atoms with Gasteiger partial charge in [-0.1, -0.05) is 51.5 Å². The highest BCUT2D eigenvalue weighted by Crippen LogP contribution is 2.11. The minimum absolute atomic E-state index is 0.175. The van der Waals surface area contributed by atoms with Crippen molar-refractivity contribution in [1.29, 1.82) is 0 Å². The Hall–Kier alpha value is -0.860. The van der Waals surface area contributed by atoms with Crippen LogP contribution in [0.4, 0.5) is 0 Å². The first-order valence-corrected chi connectivity index (χ1v) is 8.39. The van der Waals surface area contributed by atoms with Crippen LogP contribution in [0.25, 0.3) is 0 Å². The lowest BCUT2D eigenvalue weighted by molar-refractivity contribution is 0.238. The van der Waals surface area contributed by atoms with Gasteiger partial charge in [0.1, 0.15) is 0 Å². The molecule has 0 fully saturated rings. The quantitative estimate of drug-likeness (QED) is 0.761. The Bertz CT molecular complexity index is 389. The molecule has 0 saturated carbocycles. The second-order valence-corrected chi connectivity index (χ2v) is 7.26. The third-order valence-corrected chi connectivity index (χ3v) is 3.97. The Kier molecular flexibility index (Phi) is 7.41. The third-order valence-electron chi connectivity index (χ3n) is 3.97. The Morgan fingerprint density at radius 3 is 2.10 bits per heavy atom. The van der Waals surface area contributed by atoms with Gasteiger partial charge in [-0.25, -0.2) is 0 Å². The lowest BCUT2D eigenvalue weighted by Gasteiger charge is -2.24. The molecule has 0 spiro atoms. The van der Waals surface area contributed by atoms with Crippen molar-refractivity contribution in [3.8, 4) is 0 Å². The smallest absolute Gasteiger partial charge is 0.0233 e. The molecule has 0 aliphatic carbocycles. The van der Waals surface area contributed by atoms with Crippen LogP contribution in [0.1, 0.15) is 59.1 Å². The molecule has 0 saturated heterocycles. The van der Waals surface area contributed by atoms with Crippen LogP contribution in [-0.2, 0) is 13.1 Å². The number of rotatable bonds is 8. The van der Waals surface area contributed by atoms with E-state index in [1.165, 1.54) is 24.1 Å². The second kappa shape index (κ2) is 8.55. The number of nitrogens with zero attached hydrogens (tertiary/aromatic N) is 1. The Labute approximate surface area is 131 Å². The van der Waals surface area contributed by atoms with Crippen LogP contribution in [0, 0.1) is 5.92 Å². The highest BCUT2D eigenvalue weighted by molar-refractivity contribution is 5.22. The summed E-state index contributed by atoms with van der Waals surface area (Å²) in [5, 5.41) is 3.53. The molecule has 0 aromatic heterocycles. The highest BCUT2D eigenvalue weighted by Gasteiger charge is 2.09. The molecule has 1 atom stereocenters. The Morgan fingerprint density at radius 1 is 1.05 bits per heavy atom. The number of benzene rings is 1. The fourth-order valence-corrected chi connectivity index (χ4v) is 2.26. The van der Waals surface area contributed by atoms with Gasteiger partial charge >= 0.3 is 0 Å². The minimum Gasteiger partial charge on any atom is -0.308 e. The van der Waals surface area contributed by atoms with Gasteiger partial charge in [0.05, 0.1) is 0 Å². The molecule has 0 aliphatic rings. The van der Waals surface area contributed by atoms with E-state index in [9.17, 15) is 0 Å². The van der Waals surface area contributed by atoms with Crippen molar-refractivity contribution in [2.24, 2.45) is 5.92 Å². The largest absolute Gasteiger partial charge is 0.308 e. The van der Waals surface area contributed by atoms with Gasteiger partial charge in [-0.2, -0.15) is 0 Å². The van der Waals surface area contributed by atoms with E-state index in [1.54, 1.807) is 0 Å². The predicted octanol–water partition coefficient (Wildman–Crippen LogP) is 4.44. The van der Waals surface area contributed by atoms with Gasteiger partial charge in [-0.05, 0) is 44.4 Å². The van der Waals surface area contributed by atoms with E-state index in [1.807, 2.05) is 0 Å². The lowest BCUT2D eigenvalue weighted by atomic mass is 10.1. The summed E-state index contributed by atoms with van der Waals surface area (Å²) in [7, 11) is 0. The zero-order valence-corrected chi connectivity index (χ0v) is 14.9. The zero-order chi connectivity index (χ0) is 15.9. The summed E-state index contributed by atoms with van der Waals surface area (Å²) < 4.78 is 0. The number of hydrogen-bond acceptors (Lipinski definition) is 2. The van der Waals surface area contributed by atoms with E-state index in [0.29, 0.717) is 0 Å². The molecular weight excluding hydrogens is 256 g/mol. The van der Waals surface area contributed by atoms with Crippen LogP contribution in [0.2, 0.25) is 0 Å². The highest BCUT2D eigenvalue weighted by atomic mass is 15.1. The molecule has 21 heavy (non-hydrogen) atoms. The van der Waals surface area contributed by atoms with Gasteiger partial charge in [0, 0.05) is 25.2 Å². The maximum absolute atomic E-state index is 3.53. The van der Waals surface area contributed by atoms with E-state index in [-0.39, 0.29) is 5.54 Å². The fraction of sp³-hybridized carbons (Fsp3) is 0.684. The van der Waals surface area contributed by atoms with Crippen LogP contribution >= 0.6 is 0 Å². The van der Waals surface area contributed by atoms with Gasteiger partial charge in [0.25, 0.3) is 0 Å². The van der Waals surface area contributed by atoms with E-state index in [0.717, 1.165) is 25.6 Å². The topological polar surface area (TPSA) is 15.3 Å². The van der Waals surface area contributed by atoms with E-state index >= 15 is 0 Å². The van der Waals surface area contributed by atoms with Gasteiger partial charge in [-0.15, -0.1) is 0 Å². The van der Waals surface area contributed by atoms with Gasteiger partial charge in [0.2, 0.25) is 0 Å². The molecule has 0 radical (unpaired) electrons. The molecule has 1 unspecified atom stereocenters. The van der Waals surface area contributed by atoms with Crippen LogP contribution < -0.4 is 5.32 Å². The Balaban J connectivity index is 2.53. The lowest BCUT2D eigenvalue weighted by Crippen LogP contribution is -2.35. The summed E-state index contributed by atoms with van der Waals surface area (Å²) in [6.45, 7) is 17.8. The molecule has 0 heterocycles. The van der Waals surface area contributed by atoms with Gasteiger partial charge in [-0.3, -0.25) is 4.90 Å². The van der Waals surface area contributed by atoms with Crippen LogP contribution in [0.15, 0.2) is 24.3 Å². The number of hydrogen-bond donors (Lipinski definition) is 1. The fourth-order valence-electron chi connectivity index (χ4n) is 2.26. The predicted molar refractivity (Wildman–Crippen MR) is 93.4 cm³/mol. The average molecular weight is 290 g/mol.